The number of aliphatic hydroxyl groups excluding tert-OH is 1. The van der Waals surface area contributed by atoms with E-state index in [1.807, 2.05) is 36.4 Å². The van der Waals surface area contributed by atoms with E-state index < -0.39 is 9.84 Å². The van der Waals surface area contributed by atoms with Crippen molar-refractivity contribution in [3.63, 3.8) is 0 Å². The number of aliphatic hydroxyl groups is 1. The fourth-order valence-electron chi connectivity index (χ4n) is 5.86. The van der Waals surface area contributed by atoms with Crippen molar-refractivity contribution in [1.29, 1.82) is 0 Å². The van der Waals surface area contributed by atoms with Gasteiger partial charge in [-0.25, -0.2) is 8.42 Å². The number of nitrogens with zero attached hydrogens (tertiary/aromatic N) is 3. The summed E-state index contributed by atoms with van der Waals surface area (Å²) in [6.45, 7) is 10.5. The van der Waals surface area contributed by atoms with E-state index in [0.29, 0.717) is 55.8 Å². The van der Waals surface area contributed by atoms with E-state index in [-0.39, 0.29) is 22.7 Å². The number of sulfone groups is 1. The lowest BCUT2D eigenvalue weighted by Crippen LogP contribution is -2.38. The predicted molar refractivity (Wildman–Crippen MR) is 167 cm³/mol. The van der Waals surface area contributed by atoms with Crippen molar-refractivity contribution in [3.05, 3.63) is 53.6 Å². The molecule has 8 nitrogen and oxygen atoms in total. The zero-order chi connectivity index (χ0) is 29.2. The normalized spacial score (nSPS) is 16.7. The molecule has 2 aliphatic rings. The zero-order valence-electron chi connectivity index (χ0n) is 24.9. The van der Waals surface area contributed by atoms with Crippen molar-refractivity contribution in [2.75, 3.05) is 62.2 Å². The highest BCUT2D eigenvalue weighted by Crippen LogP contribution is 2.37. The lowest BCUT2D eigenvalue weighted by atomic mass is 10.0. The van der Waals surface area contributed by atoms with Gasteiger partial charge in [0, 0.05) is 39.3 Å². The molecule has 0 bridgehead atoms. The molecule has 0 atom stereocenters. The Morgan fingerprint density at radius 3 is 2.39 bits per heavy atom. The molecule has 2 aromatic rings. The van der Waals surface area contributed by atoms with Gasteiger partial charge >= 0.3 is 0 Å². The van der Waals surface area contributed by atoms with Gasteiger partial charge < -0.3 is 25.1 Å². The Labute approximate surface area is 246 Å². The number of anilines is 2. The second-order valence-corrected chi connectivity index (χ2v) is 13.3. The minimum absolute atomic E-state index is 0.138. The predicted octanol–water partition coefficient (Wildman–Crippen LogP) is 4.46. The number of likely N-dealkylation sites (tertiary alicyclic amines) is 1. The molecule has 2 fully saturated rings. The maximum Gasteiger partial charge on any atom is 0.253 e. The first-order valence-electron chi connectivity index (χ1n) is 15.5. The van der Waals surface area contributed by atoms with Gasteiger partial charge in [0.1, 0.15) is 0 Å². The number of carbonyl (C=O) groups is 1. The van der Waals surface area contributed by atoms with Crippen LogP contribution in [0.5, 0.6) is 0 Å². The molecule has 0 saturated carbocycles. The first kappa shape index (κ1) is 31.3. The molecule has 9 heteroatoms. The molecule has 0 spiro atoms. The monoisotopic (exact) mass is 584 g/mol. The van der Waals surface area contributed by atoms with E-state index in [4.69, 9.17) is 0 Å². The van der Waals surface area contributed by atoms with Gasteiger partial charge in [-0.1, -0.05) is 50.1 Å². The van der Waals surface area contributed by atoms with Crippen molar-refractivity contribution in [2.45, 2.75) is 75.5 Å². The standard InChI is InChI=1S/C32H48N4O4S/c1-3-5-9-16-33-32(38)28-23-31(41(39,40)25-26-12-7-6-8-13-26)30(36-19-14-27(37)15-20-36)24-29(28)35(4-2)22-21-34-17-10-11-18-34/h6-8,12-13,23-24,27,37H,3-5,9-11,14-22,25H2,1-2H3,(H,33,38). The highest BCUT2D eigenvalue weighted by molar-refractivity contribution is 7.90. The topological polar surface area (TPSA) is 93.2 Å². The van der Waals surface area contributed by atoms with Crippen molar-refractivity contribution in [1.82, 2.24) is 10.2 Å². The van der Waals surface area contributed by atoms with Crippen LogP contribution < -0.4 is 15.1 Å². The van der Waals surface area contributed by atoms with Crippen LogP contribution in [0.25, 0.3) is 0 Å². The largest absolute Gasteiger partial charge is 0.393 e. The van der Waals surface area contributed by atoms with E-state index in [9.17, 15) is 18.3 Å². The second kappa shape index (κ2) is 15.0. The summed E-state index contributed by atoms with van der Waals surface area (Å²) in [4.78, 5) is 20.6. The Bertz CT molecular complexity index is 1220. The molecule has 0 radical (unpaired) electrons. The molecule has 0 unspecified atom stereocenters. The van der Waals surface area contributed by atoms with Crippen LogP contribution in [0.1, 0.15) is 74.7 Å². The van der Waals surface area contributed by atoms with Crippen molar-refractivity contribution >= 4 is 27.1 Å². The Balaban J connectivity index is 1.77. The minimum Gasteiger partial charge on any atom is -0.393 e. The molecule has 0 aliphatic carbocycles. The number of amides is 1. The lowest BCUT2D eigenvalue weighted by Gasteiger charge is -2.35. The van der Waals surface area contributed by atoms with Gasteiger partial charge in [-0.3, -0.25) is 4.79 Å². The SMILES string of the molecule is CCCCCNC(=O)c1cc(S(=O)(=O)Cc2ccccc2)c(N2CCC(O)CC2)cc1N(CC)CCN1CCCC1. The number of unbranched alkanes of at least 4 members (excludes halogenated alkanes) is 2. The third-order valence-corrected chi connectivity index (χ3v) is 10.0. The highest BCUT2D eigenvalue weighted by atomic mass is 32.2. The van der Waals surface area contributed by atoms with E-state index >= 15 is 0 Å². The number of piperidine rings is 1. The summed E-state index contributed by atoms with van der Waals surface area (Å²) < 4.78 is 28.1. The van der Waals surface area contributed by atoms with Crippen molar-refractivity contribution in [2.24, 2.45) is 0 Å². The average molecular weight is 585 g/mol. The summed E-state index contributed by atoms with van der Waals surface area (Å²) in [5.74, 6) is -0.367. The van der Waals surface area contributed by atoms with Gasteiger partial charge in [0.15, 0.2) is 9.84 Å². The molecule has 2 aromatic carbocycles. The molecule has 2 aliphatic heterocycles. The summed E-state index contributed by atoms with van der Waals surface area (Å²) in [6.07, 6.45) is 6.20. The summed E-state index contributed by atoms with van der Waals surface area (Å²) in [6, 6.07) is 12.8. The summed E-state index contributed by atoms with van der Waals surface area (Å²) in [5.41, 5.74) is 2.53. The van der Waals surface area contributed by atoms with Crippen LogP contribution in [-0.2, 0) is 15.6 Å². The smallest absolute Gasteiger partial charge is 0.253 e. The van der Waals surface area contributed by atoms with Crippen molar-refractivity contribution in [3.8, 4) is 0 Å². The van der Waals surface area contributed by atoms with E-state index in [2.05, 4.69) is 33.9 Å². The van der Waals surface area contributed by atoms with Crippen molar-refractivity contribution < 1.29 is 18.3 Å². The Kier molecular flexibility index (Phi) is 11.5. The van der Waals surface area contributed by atoms with Crippen LogP contribution in [0.15, 0.2) is 47.4 Å². The minimum atomic E-state index is -3.78. The molecule has 2 heterocycles. The first-order chi connectivity index (χ1) is 19.8. The molecule has 41 heavy (non-hydrogen) atoms. The van der Waals surface area contributed by atoms with Crippen LogP contribution in [-0.4, -0.2) is 82.8 Å². The van der Waals surface area contributed by atoms with Crippen LogP contribution in [0.4, 0.5) is 11.4 Å². The van der Waals surface area contributed by atoms with Crippen LogP contribution in [0, 0.1) is 0 Å². The number of hydrogen-bond acceptors (Lipinski definition) is 7. The lowest BCUT2D eigenvalue weighted by molar-refractivity contribution is 0.0953. The first-order valence-corrected chi connectivity index (χ1v) is 17.1. The van der Waals surface area contributed by atoms with E-state index in [1.165, 1.54) is 12.8 Å². The maximum atomic E-state index is 14.0. The zero-order valence-corrected chi connectivity index (χ0v) is 25.7. The van der Waals surface area contributed by atoms with Gasteiger partial charge in [-0.05, 0) is 69.8 Å². The number of hydrogen-bond donors (Lipinski definition) is 2. The Morgan fingerprint density at radius 1 is 1.02 bits per heavy atom. The second-order valence-electron chi connectivity index (χ2n) is 11.4. The number of rotatable bonds is 14. The van der Waals surface area contributed by atoms with Crippen LogP contribution in [0.3, 0.4) is 0 Å². The van der Waals surface area contributed by atoms with Gasteiger partial charge in [0.05, 0.1) is 33.7 Å². The molecule has 4 rings (SSSR count). The fourth-order valence-corrected chi connectivity index (χ4v) is 7.46. The third-order valence-electron chi connectivity index (χ3n) is 8.33. The molecule has 0 aromatic heterocycles. The average Bonchev–Trinajstić information content (AvgIpc) is 3.50. The number of benzene rings is 2. The Morgan fingerprint density at radius 2 is 1.73 bits per heavy atom. The third kappa shape index (κ3) is 8.46. The molecule has 2 N–H and O–H groups in total. The number of carbonyl (C=O) groups excluding carboxylic acids is 1. The Hall–Kier alpha value is -2.62. The summed E-state index contributed by atoms with van der Waals surface area (Å²) >= 11 is 0. The van der Waals surface area contributed by atoms with Crippen LogP contribution in [0.2, 0.25) is 0 Å². The van der Waals surface area contributed by atoms with Crippen LogP contribution >= 0.6 is 0 Å². The molecule has 226 valence electrons. The van der Waals surface area contributed by atoms with Gasteiger partial charge in [-0.15, -0.1) is 0 Å². The number of likely N-dealkylation sites (N-methyl/N-ethyl adjacent to an activating group) is 1. The van der Waals surface area contributed by atoms with Gasteiger partial charge in [-0.2, -0.15) is 0 Å². The summed E-state index contributed by atoms with van der Waals surface area (Å²) in [7, 11) is -3.78. The highest BCUT2D eigenvalue weighted by Gasteiger charge is 2.30. The summed E-state index contributed by atoms with van der Waals surface area (Å²) in [5, 5.41) is 13.2. The van der Waals surface area contributed by atoms with Gasteiger partial charge in [0.2, 0.25) is 0 Å². The molecule has 2 saturated heterocycles. The quantitative estimate of drug-likeness (QED) is 0.317. The molecular formula is C32H48N4O4S. The maximum absolute atomic E-state index is 14.0. The fraction of sp³-hybridized carbons (Fsp3) is 0.594. The van der Waals surface area contributed by atoms with E-state index in [1.54, 1.807) is 6.07 Å². The van der Waals surface area contributed by atoms with E-state index in [0.717, 1.165) is 51.1 Å². The molecule has 1 amide bonds. The van der Waals surface area contributed by atoms with Gasteiger partial charge in [0.25, 0.3) is 5.91 Å². The number of nitrogens with one attached hydrogen (secondary N) is 1. The molecular weight excluding hydrogens is 536 g/mol.